The Labute approximate surface area is 132 Å². The highest BCUT2D eigenvalue weighted by Crippen LogP contribution is 2.15. The Kier molecular flexibility index (Phi) is 9.83. The van der Waals surface area contributed by atoms with E-state index in [-0.39, 0.29) is 6.42 Å². The fourth-order valence-corrected chi connectivity index (χ4v) is 1.85. The van der Waals surface area contributed by atoms with Crippen molar-refractivity contribution >= 4 is 17.7 Å². The molecule has 0 fully saturated rings. The number of ether oxygens (including phenoxy) is 2. The zero-order chi connectivity index (χ0) is 17.1. The number of hydrogen-bond donors (Lipinski definition) is 0. The van der Waals surface area contributed by atoms with Crippen LogP contribution in [0.4, 0.5) is 0 Å². The van der Waals surface area contributed by atoms with Crippen molar-refractivity contribution in [1.29, 1.82) is 0 Å². The number of ketones is 1. The molecule has 124 valence electrons. The lowest BCUT2D eigenvalue weighted by Gasteiger charge is -2.11. The van der Waals surface area contributed by atoms with Crippen LogP contribution in [-0.4, -0.2) is 31.9 Å². The first-order valence-corrected chi connectivity index (χ1v) is 7.28. The molecule has 0 aromatic heterocycles. The van der Waals surface area contributed by atoms with Crippen LogP contribution in [0.5, 0.6) is 0 Å². The van der Waals surface area contributed by atoms with Gasteiger partial charge in [0.15, 0.2) is 5.78 Å². The largest absolute Gasteiger partial charge is 0.469 e. The van der Waals surface area contributed by atoms with E-state index in [4.69, 9.17) is 0 Å². The Morgan fingerprint density at radius 2 is 1.64 bits per heavy atom. The molecule has 0 amide bonds. The van der Waals surface area contributed by atoms with Gasteiger partial charge in [-0.05, 0) is 40.0 Å². The van der Waals surface area contributed by atoms with Crippen LogP contribution in [0.3, 0.4) is 0 Å². The monoisotopic (exact) mass is 310 g/mol. The Morgan fingerprint density at radius 1 is 1.00 bits per heavy atom. The van der Waals surface area contributed by atoms with E-state index in [9.17, 15) is 14.4 Å². The normalized spacial score (nSPS) is 12.3. The second-order valence-electron chi connectivity index (χ2n) is 5.40. The highest BCUT2D eigenvalue weighted by atomic mass is 16.5. The number of carbonyl (C=O) groups is 3. The topological polar surface area (TPSA) is 69.7 Å². The van der Waals surface area contributed by atoms with Gasteiger partial charge in [-0.1, -0.05) is 23.3 Å². The number of rotatable bonds is 9. The predicted molar refractivity (Wildman–Crippen MR) is 84.2 cm³/mol. The van der Waals surface area contributed by atoms with Crippen molar-refractivity contribution < 1.29 is 23.9 Å². The van der Waals surface area contributed by atoms with E-state index in [0.717, 1.165) is 18.4 Å². The average Bonchev–Trinajstić information content (AvgIpc) is 2.46. The van der Waals surface area contributed by atoms with E-state index in [1.54, 1.807) is 0 Å². The molecule has 0 rings (SSSR count). The summed E-state index contributed by atoms with van der Waals surface area (Å²) in [6, 6.07) is 0. The zero-order valence-corrected chi connectivity index (χ0v) is 14.1. The molecule has 0 radical (unpaired) electrons. The molecule has 0 aromatic rings. The third-order valence-electron chi connectivity index (χ3n) is 3.21. The van der Waals surface area contributed by atoms with E-state index >= 15 is 0 Å². The van der Waals surface area contributed by atoms with Crippen LogP contribution in [0.25, 0.3) is 0 Å². The smallest absolute Gasteiger partial charge is 0.316 e. The summed E-state index contributed by atoms with van der Waals surface area (Å²) in [4.78, 5) is 34.9. The van der Waals surface area contributed by atoms with Crippen LogP contribution >= 0.6 is 0 Å². The summed E-state index contributed by atoms with van der Waals surface area (Å²) >= 11 is 0. The standard InChI is InChI=1S/C17H26O5/c1-12(2)7-6-8-13(3)9-10-14(17(20)22-5)15(18)11-16(19)21-4/h7,9,14H,6,8,10-11H2,1-5H3/b13-9+. The van der Waals surface area contributed by atoms with Crippen molar-refractivity contribution in [3.05, 3.63) is 23.3 Å². The summed E-state index contributed by atoms with van der Waals surface area (Å²) < 4.78 is 9.09. The van der Waals surface area contributed by atoms with Gasteiger partial charge in [-0.25, -0.2) is 0 Å². The predicted octanol–water partition coefficient (Wildman–Crippen LogP) is 2.99. The second-order valence-corrected chi connectivity index (χ2v) is 5.40. The molecule has 0 aromatic carbocycles. The van der Waals surface area contributed by atoms with Gasteiger partial charge >= 0.3 is 11.9 Å². The van der Waals surface area contributed by atoms with Gasteiger partial charge in [-0.3, -0.25) is 14.4 Å². The van der Waals surface area contributed by atoms with E-state index < -0.39 is 30.1 Å². The van der Waals surface area contributed by atoms with Crippen molar-refractivity contribution in [3.63, 3.8) is 0 Å². The Bertz CT molecular complexity index is 456. The molecule has 0 aliphatic carbocycles. The second kappa shape index (κ2) is 10.8. The molecule has 0 bridgehead atoms. The molecule has 5 heteroatoms. The Balaban J connectivity index is 4.72. The van der Waals surface area contributed by atoms with Crippen molar-refractivity contribution in [2.75, 3.05) is 14.2 Å². The molecule has 0 spiro atoms. The van der Waals surface area contributed by atoms with E-state index in [1.807, 2.05) is 26.8 Å². The summed E-state index contributed by atoms with van der Waals surface area (Å²) in [6.45, 7) is 6.04. The maximum atomic E-state index is 12.0. The minimum Gasteiger partial charge on any atom is -0.469 e. The van der Waals surface area contributed by atoms with Crippen LogP contribution in [0.15, 0.2) is 23.3 Å². The zero-order valence-electron chi connectivity index (χ0n) is 14.1. The summed E-state index contributed by atoms with van der Waals surface area (Å²) in [7, 11) is 2.43. The van der Waals surface area contributed by atoms with Gasteiger partial charge in [-0.2, -0.15) is 0 Å². The van der Waals surface area contributed by atoms with E-state index in [1.165, 1.54) is 19.8 Å². The first-order valence-electron chi connectivity index (χ1n) is 7.28. The number of esters is 2. The molecule has 0 aliphatic rings. The van der Waals surface area contributed by atoms with Gasteiger partial charge in [-0.15, -0.1) is 0 Å². The fraction of sp³-hybridized carbons (Fsp3) is 0.588. The minimum atomic E-state index is -0.956. The van der Waals surface area contributed by atoms with Gasteiger partial charge < -0.3 is 9.47 Å². The van der Waals surface area contributed by atoms with Crippen molar-refractivity contribution in [1.82, 2.24) is 0 Å². The summed E-state index contributed by atoms with van der Waals surface area (Å²) in [6.07, 6.45) is 5.60. The maximum absolute atomic E-state index is 12.0. The Morgan fingerprint density at radius 3 is 2.14 bits per heavy atom. The Hall–Kier alpha value is -1.91. The quantitative estimate of drug-likeness (QED) is 0.372. The van der Waals surface area contributed by atoms with Gasteiger partial charge in [0.25, 0.3) is 0 Å². The number of allylic oxidation sites excluding steroid dienone is 4. The van der Waals surface area contributed by atoms with E-state index in [2.05, 4.69) is 15.5 Å². The van der Waals surface area contributed by atoms with Crippen molar-refractivity contribution in [2.24, 2.45) is 5.92 Å². The summed E-state index contributed by atoms with van der Waals surface area (Å²) in [5, 5.41) is 0. The van der Waals surface area contributed by atoms with Gasteiger partial charge in [0.05, 0.1) is 14.2 Å². The molecule has 0 saturated heterocycles. The SMILES string of the molecule is COC(=O)CC(=O)C(C/C=C(\C)CCC=C(C)C)C(=O)OC. The van der Waals surface area contributed by atoms with Crippen LogP contribution in [0.2, 0.25) is 0 Å². The van der Waals surface area contributed by atoms with Gasteiger partial charge in [0, 0.05) is 0 Å². The minimum absolute atomic E-state index is 0.239. The molecular weight excluding hydrogens is 284 g/mol. The van der Waals surface area contributed by atoms with Crippen molar-refractivity contribution in [3.8, 4) is 0 Å². The average molecular weight is 310 g/mol. The van der Waals surface area contributed by atoms with Crippen LogP contribution in [0, 0.1) is 5.92 Å². The molecule has 0 aliphatic heterocycles. The first kappa shape index (κ1) is 20.1. The molecule has 0 heterocycles. The highest BCUT2D eigenvalue weighted by molar-refractivity contribution is 6.06. The molecular formula is C17H26O5. The van der Waals surface area contributed by atoms with Crippen molar-refractivity contribution in [2.45, 2.75) is 46.5 Å². The van der Waals surface area contributed by atoms with Gasteiger partial charge in [0.1, 0.15) is 12.3 Å². The van der Waals surface area contributed by atoms with Crippen LogP contribution in [0.1, 0.15) is 46.5 Å². The highest BCUT2D eigenvalue weighted by Gasteiger charge is 2.28. The molecule has 1 atom stereocenters. The lowest BCUT2D eigenvalue weighted by Crippen LogP contribution is -2.27. The summed E-state index contributed by atoms with van der Waals surface area (Å²) in [5.74, 6) is -2.71. The number of methoxy groups -OCH3 is 2. The molecule has 0 N–H and O–H groups in total. The number of Topliss-reactive ketones (excluding diaryl/α,β-unsaturated/α-hetero) is 1. The first-order chi connectivity index (χ1) is 10.3. The fourth-order valence-electron chi connectivity index (χ4n) is 1.85. The molecule has 5 nitrogen and oxygen atoms in total. The molecule has 22 heavy (non-hydrogen) atoms. The number of hydrogen-bond acceptors (Lipinski definition) is 5. The van der Waals surface area contributed by atoms with Gasteiger partial charge in [0.2, 0.25) is 0 Å². The molecule has 0 saturated carbocycles. The molecule has 1 unspecified atom stereocenters. The third-order valence-corrected chi connectivity index (χ3v) is 3.21. The lowest BCUT2D eigenvalue weighted by atomic mass is 9.96. The maximum Gasteiger partial charge on any atom is 0.316 e. The van der Waals surface area contributed by atoms with Crippen LogP contribution in [-0.2, 0) is 23.9 Å². The third kappa shape index (κ3) is 8.39. The van der Waals surface area contributed by atoms with Crippen LogP contribution < -0.4 is 0 Å². The number of carbonyl (C=O) groups excluding carboxylic acids is 3. The lowest BCUT2D eigenvalue weighted by molar-refractivity contribution is -0.151. The summed E-state index contributed by atoms with van der Waals surface area (Å²) in [5.41, 5.74) is 2.35. The van der Waals surface area contributed by atoms with E-state index in [0.29, 0.717) is 0 Å².